The van der Waals surface area contributed by atoms with Crippen LogP contribution in [0.1, 0.15) is 211 Å². The van der Waals surface area contributed by atoms with Crippen molar-refractivity contribution in [2.45, 2.75) is 230 Å². The lowest BCUT2D eigenvalue weighted by Gasteiger charge is -2.26. The molecular formula is C108H134BrF2N5O28S. The Labute approximate surface area is 848 Å². The molecule has 0 radical (unpaired) electrons. The van der Waals surface area contributed by atoms with Crippen molar-refractivity contribution in [3.05, 3.63) is 94.2 Å². The molecule has 786 valence electrons. The molecule has 20 bridgehead atoms. The Morgan fingerprint density at radius 2 is 0.959 bits per heavy atom. The molecule has 145 heavy (non-hydrogen) atoms. The molecule has 1 aliphatic heterocycles. The van der Waals surface area contributed by atoms with Gasteiger partial charge in [0.1, 0.15) is 28.9 Å². The lowest BCUT2D eigenvalue weighted by molar-refractivity contribution is -0.150. The number of nitrogens with two attached hydrogens (primary N) is 1. The Balaban J connectivity index is 0.000000121. The number of carbonyl (C=O) groups excluding carboxylic acids is 10. The third kappa shape index (κ3) is 22.8. The van der Waals surface area contributed by atoms with Gasteiger partial charge in [0.15, 0.2) is 28.9 Å². The molecule has 18 saturated carbocycles. The molecule has 33 nitrogen and oxygen atoms in total. The molecule has 21 aliphatic rings. The number of hydrogen-bond acceptors (Lipinski definition) is 27. The summed E-state index contributed by atoms with van der Waals surface area (Å²) in [5, 5.41) is 54.3. The fraction of sp³-hybridized carbons (Fsp3) is 0.667. The van der Waals surface area contributed by atoms with E-state index in [0.29, 0.717) is 109 Å². The predicted molar refractivity (Wildman–Crippen MR) is 515 cm³/mol. The third-order valence-electron chi connectivity index (χ3n) is 36.8. The van der Waals surface area contributed by atoms with Crippen molar-refractivity contribution in [1.82, 2.24) is 18.9 Å². The minimum absolute atomic E-state index is 0.00181. The van der Waals surface area contributed by atoms with E-state index in [1.54, 1.807) is 12.1 Å². The average Bonchev–Trinajstić information content (AvgIpc) is 1.57. The Morgan fingerprint density at radius 1 is 0.497 bits per heavy atom. The van der Waals surface area contributed by atoms with Gasteiger partial charge < -0.3 is 60.1 Å². The highest BCUT2D eigenvalue weighted by atomic mass is 79.9. The van der Waals surface area contributed by atoms with Gasteiger partial charge in [-0.3, -0.25) is 71.9 Å². The van der Waals surface area contributed by atoms with E-state index < -0.39 is 57.4 Å². The van der Waals surface area contributed by atoms with Gasteiger partial charge in [0.2, 0.25) is 0 Å². The summed E-state index contributed by atoms with van der Waals surface area (Å²) in [7, 11) is 1.51. The number of carboxylic acid groups (broad SMARTS) is 5. The van der Waals surface area contributed by atoms with Crippen molar-refractivity contribution in [1.29, 1.82) is 0 Å². The molecule has 4 aromatic rings. The van der Waals surface area contributed by atoms with Crippen molar-refractivity contribution in [3.63, 3.8) is 0 Å². The molecule has 35 unspecified atom stereocenters. The fourth-order valence-electron chi connectivity index (χ4n) is 30.1. The number of esters is 5. The predicted octanol–water partition coefficient (Wildman–Crippen LogP) is 14.1. The fourth-order valence-corrected chi connectivity index (χ4v) is 32.1. The van der Waals surface area contributed by atoms with Crippen LogP contribution in [0.4, 0.5) is 8.78 Å². The van der Waals surface area contributed by atoms with Gasteiger partial charge in [0, 0.05) is 83.9 Å². The van der Waals surface area contributed by atoms with Crippen LogP contribution in [0.2, 0.25) is 0 Å². The first kappa shape index (κ1) is 107. The van der Waals surface area contributed by atoms with E-state index in [-0.39, 0.29) is 217 Å². The molecule has 25 rings (SSSR count). The van der Waals surface area contributed by atoms with Crippen LogP contribution in [0.25, 0.3) is 22.4 Å². The van der Waals surface area contributed by atoms with Gasteiger partial charge in [0.05, 0.1) is 117 Å². The number of rotatable bonds is 17. The number of allylic oxidation sites excluding steroid dienone is 4. The molecule has 19 fully saturated rings. The number of carbonyl (C=O) groups is 15. The number of aliphatic hydroxyl groups excluding tert-OH is 1. The summed E-state index contributed by atoms with van der Waals surface area (Å²) < 4.78 is 82.1. The van der Waals surface area contributed by atoms with Gasteiger partial charge in [-0.1, -0.05) is 52.7 Å². The molecule has 0 amide bonds. The standard InChI is InChI=1S/C27H24F2N4O4S.C13H18O4.C9H14O3.2C9H12O3.C9H14O2.C8H7BrO2.C8H13NO2.C8H10O3.C8H10O2/c1-14-2-4-18(5-3-14)38(36,37)33-13-22(20-10-17(28)11-31-26(20)33)25-30-12-23(29)24(32-25)9-16-6-15-7-19(16)21(8-15)27(34)35;1-7(14)12(15)6-9-3-8-4-10(9)11(5-8)13(16)17-2;3*1-12-9(11)7-3-5-2-6(7)8(10)4-5;1-5-2-6-3-7(5)8(4-6)9(10)11;9-6-3-1-4-5(2-3)8(10)11-7(4)6;2*9-7-3-4-1-5(7)6(2-4)8(10)11;9-8(10)7-4-5-1-2-6(7)3-5/h2-5,10-13,15-16,19,21H,6-9H2,1H3,(H,34,35);8-11H,3-6H2,1-2H3;5-8,10H,2-4H2,1H3;2*5-7H,2-4H2,1H3;5-8H,2-4H2,1H3,(H,10,11);3-5H,1-2H2;4-7H,1-3,9H2,(H,10,11);4-6H,1-3H2,(H,10,11);1-2,5-7H,3-4H2,(H,9,10). The van der Waals surface area contributed by atoms with Crippen LogP contribution in [0.5, 0.6) is 0 Å². The molecule has 1 aromatic carbocycles. The van der Waals surface area contributed by atoms with Gasteiger partial charge in [-0.05, 0) is 305 Å². The van der Waals surface area contributed by atoms with E-state index in [1.165, 1.54) is 66.5 Å². The second-order valence-corrected chi connectivity index (χ2v) is 48.0. The smallest absolute Gasteiger partial charge is 0.314 e. The van der Waals surface area contributed by atoms with Crippen molar-refractivity contribution >= 4 is 126 Å². The number of pyridine rings is 1. The number of aromatic nitrogens is 4. The second kappa shape index (κ2) is 44.6. The molecule has 37 heteroatoms. The first-order valence-corrected chi connectivity index (χ1v) is 53.9. The number of Topliss-reactive ketones (excluding diaryl/α,β-unsaturated/α-hetero) is 5. The van der Waals surface area contributed by atoms with Crippen molar-refractivity contribution in [2.75, 3.05) is 28.4 Å². The molecule has 1 saturated heterocycles. The van der Waals surface area contributed by atoms with E-state index in [0.717, 1.165) is 185 Å². The SMILES string of the molecule is CC1CC2CC(C(=O)O)C1C2.COC(=O)C1CC2CC(=O)C1C2.COC(=O)C1CC2CC(=O)C1C2.COC(=O)C1CC2CC(CC(=O)C(C)=O)C1C2.COC(=O)C1CC2CC(O)C1C2.Cc1ccc(S(=O)(=O)n2cc(-c3ncc(F)c(CC4CC5CC(C(=O)O)C4C5)n3)c3cc(F)cnc32)cc1.NC1CC2CC(C(=O)O)C1C2.O=C(O)C1CC2C=CC1C2.O=C(O)C1CC2CC(=O)C1C2.O=C1OC2=C(Br)C3CC1C2C3. The highest BCUT2D eigenvalue weighted by molar-refractivity contribution is 9.11. The molecule has 4 heterocycles. The van der Waals surface area contributed by atoms with Gasteiger partial charge in [-0.2, -0.15) is 0 Å². The van der Waals surface area contributed by atoms with Crippen LogP contribution < -0.4 is 5.73 Å². The number of carboxylic acids is 5. The first-order chi connectivity index (χ1) is 68.9. The number of benzene rings is 1. The minimum atomic E-state index is -4.09. The summed E-state index contributed by atoms with van der Waals surface area (Å²) in [6.45, 7) is 5.35. The number of aliphatic carboxylic acids is 5. The monoisotopic (exact) mass is 2100 g/mol. The molecule has 20 aliphatic carbocycles. The number of aryl methyl sites for hydroxylation is 1. The van der Waals surface area contributed by atoms with Gasteiger partial charge >= 0.3 is 59.7 Å². The van der Waals surface area contributed by atoms with Crippen LogP contribution in [-0.4, -0.2) is 187 Å². The number of aliphatic hydroxyl groups is 1. The minimum Gasteiger partial charge on any atom is -0.481 e. The Hall–Kier alpha value is -10.3. The Morgan fingerprint density at radius 3 is 1.39 bits per heavy atom. The summed E-state index contributed by atoms with van der Waals surface area (Å²) in [6, 6.07) is 7.62. The molecule has 0 spiro atoms. The first-order valence-electron chi connectivity index (χ1n) is 51.7. The Kier molecular flexibility index (Phi) is 33.1. The second-order valence-electron chi connectivity index (χ2n) is 45.4. The summed E-state index contributed by atoms with van der Waals surface area (Å²) >= 11 is 3.48. The van der Waals surface area contributed by atoms with E-state index in [9.17, 15) is 99.3 Å². The van der Waals surface area contributed by atoms with Crippen molar-refractivity contribution in [3.8, 4) is 11.4 Å². The van der Waals surface area contributed by atoms with Crippen LogP contribution >= 0.6 is 15.9 Å². The zero-order valence-corrected chi connectivity index (χ0v) is 85.2. The number of halogens is 3. The third-order valence-corrected chi connectivity index (χ3v) is 39.5. The molecule has 35 atom stereocenters. The highest BCUT2D eigenvalue weighted by Gasteiger charge is 2.59. The van der Waals surface area contributed by atoms with Gasteiger partial charge in [-0.15, -0.1) is 0 Å². The summed E-state index contributed by atoms with van der Waals surface area (Å²) in [5.41, 5.74) is 6.99. The average molecular weight is 2100 g/mol. The summed E-state index contributed by atoms with van der Waals surface area (Å²) in [5.74, 6) is 2.34. The molecule has 8 N–H and O–H groups in total. The maximum absolute atomic E-state index is 14.8. The number of ether oxygens (including phenoxy) is 5. The zero-order chi connectivity index (χ0) is 104. The highest BCUT2D eigenvalue weighted by Crippen LogP contribution is 2.61. The van der Waals surface area contributed by atoms with Gasteiger partial charge in [-0.25, -0.2) is 36.1 Å². The van der Waals surface area contributed by atoms with Crippen molar-refractivity contribution < 1.29 is 143 Å². The normalized spacial score (nSPS) is 37.0. The van der Waals surface area contributed by atoms with Gasteiger partial charge in [0.25, 0.3) is 10.0 Å². The van der Waals surface area contributed by atoms with E-state index in [4.69, 9.17) is 35.6 Å². The largest absolute Gasteiger partial charge is 0.481 e. The van der Waals surface area contributed by atoms with E-state index in [2.05, 4.69) is 64.2 Å². The Bertz CT molecular complexity index is 5790. The van der Waals surface area contributed by atoms with Crippen molar-refractivity contribution in [2.24, 2.45) is 201 Å². The van der Waals surface area contributed by atoms with Crippen LogP contribution in [0, 0.1) is 214 Å². The number of methoxy groups -OCH3 is 4. The summed E-state index contributed by atoms with van der Waals surface area (Å²) in [6.07, 6.45) is 33.3. The quantitative estimate of drug-likeness (QED) is 0.0223. The van der Waals surface area contributed by atoms with Crippen LogP contribution in [0.3, 0.4) is 0 Å². The zero-order valence-electron chi connectivity index (χ0n) is 82.8. The maximum atomic E-state index is 14.8. The summed E-state index contributed by atoms with van der Waals surface area (Å²) in [4.78, 5) is 179. The topological polar surface area (TPSA) is 527 Å². The number of fused-ring (bicyclic) bond motifs is 20. The van der Waals surface area contributed by atoms with Crippen LogP contribution in [0.15, 0.2) is 76.2 Å². The van der Waals surface area contributed by atoms with E-state index in [1.807, 2.05) is 6.92 Å². The number of ketones is 5. The maximum Gasteiger partial charge on any atom is 0.314 e. The van der Waals surface area contributed by atoms with E-state index >= 15 is 0 Å². The lowest BCUT2D eigenvalue weighted by atomic mass is 9.78. The molecule has 3 aromatic heterocycles. The van der Waals surface area contributed by atoms with Crippen LogP contribution in [-0.2, 0) is 112 Å². The number of hydrogen-bond donors (Lipinski definition) is 7. The number of nitrogens with zero attached hydrogens (tertiary/aromatic N) is 4. The molecular weight excluding hydrogens is 1970 g/mol. The lowest BCUT2D eigenvalue weighted by Crippen LogP contribution is -2.35.